The predicted molar refractivity (Wildman–Crippen MR) is 85.6 cm³/mol. The van der Waals surface area contributed by atoms with Gasteiger partial charge in [-0.05, 0) is 37.1 Å². The van der Waals surface area contributed by atoms with Gasteiger partial charge in [-0.1, -0.05) is 23.9 Å². The molecule has 0 aromatic heterocycles. The van der Waals surface area contributed by atoms with E-state index in [0.29, 0.717) is 22.7 Å². The molecule has 2 heterocycles. The highest BCUT2D eigenvalue weighted by atomic mass is 32.2. The molecule has 0 saturated carbocycles. The van der Waals surface area contributed by atoms with E-state index in [1.165, 1.54) is 0 Å². The highest BCUT2D eigenvalue weighted by Crippen LogP contribution is 2.40. The van der Waals surface area contributed by atoms with Crippen LogP contribution in [0.15, 0.2) is 29.2 Å². The van der Waals surface area contributed by atoms with Crippen LogP contribution in [0.2, 0.25) is 0 Å². The van der Waals surface area contributed by atoms with E-state index < -0.39 is 5.76 Å². The van der Waals surface area contributed by atoms with Gasteiger partial charge in [0.25, 0.3) is 5.76 Å². The van der Waals surface area contributed by atoms with Crippen LogP contribution in [0.25, 0.3) is 0 Å². The molecule has 1 aromatic carbocycles. The van der Waals surface area contributed by atoms with Gasteiger partial charge in [0.2, 0.25) is 0 Å². The molecule has 0 bridgehead atoms. The highest BCUT2D eigenvalue weighted by Gasteiger charge is 2.40. The van der Waals surface area contributed by atoms with Crippen LogP contribution in [0.4, 0.5) is 14.5 Å². The van der Waals surface area contributed by atoms with Crippen molar-refractivity contribution in [2.75, 3.05) is 23.4 Å². The first-order chi connectivity index (χ1) is 10.2. The number of rotatable bonds is 4. The molecule has 116 valence electrons. The van der Waals surface area contributed by atoms with Gasteiger partial charge in [-0.15, -0.1) is 0 Å². The van der Waals surface area contributed by atoms with E-state index in [0.717, 1.165) is 43.1 Å². The van der Waals surface area contributed by atoms with Gasteiger partial charge in [0, 0.05) is 29.0 Å². The molecule has 2 saturated heterocycles. The van der Waals surface area contributed by atoms with Crippen molar-refractivity contribution in [1.29, 1.82) is 0 Å². The standard InChI is InChI=1S/C15H19F2NOS2/c16-14(17)21-13-4-2-1-3-12(13)18-11-5-7-19-15(9-11)6-8-20-10-15/h1-4,11,14,18H,5-10H2. The van der Waals surface area contributed by atoms with Crippen molar-refractivity contribution in [3.8, 4) is 0 Å². The van der Waals surface area contributed by atoms with Gasteiger partial charge in [0.15, 0.2) is 0 Å². The lowest BCUT2D eigenvalue weighted by Crippen LogP contribution is -2.44. The second kappa shape index (κ2) is 6.75. The molecular weight excluding hydrogens is 312 g/mol. The lowest BCUT2D eigenvalue weighted by atomic mass is 9.90. The van der Waals surface area contributed by atoms with E-state index in [-0.39, 0.29) is 5.60 Å². The summed E-state index contributed by atoms with van der Waals surface area (Å²) in [5, 5.41) is 3.46. The lowest BCUT2D eigenvalue weighted by molar-refractivity contribution is -0.0628. The molecule has 2 atom stereocenters. The topological polar surface area (TPSA) is 21.3 Å². The quantitative estimate of drug-likeness (QED) is 0.822. The van der Waals surface area contributed by atoms with Crippen LogP contribution in [0.3, 0.4) is 0 Å². The third-order valence-electron chi connectivity index (χ3n) is 4.02. The molecule has 6 heteroatoms. The number of hydrogen-bond donors (Lipinski definition) is 1. The fraction of sp³-hybridized carbons (Fsp3) is 0.600. The normalized spacial score (nSPS) is 29.2. The zero-order valence-electron chi connectivity index (χ0n) is 11.7. The smallest absolute Gasteiger partial charge is 0.288 e. The zero-order chi connectivity index (χ0) is 14.7. The number of hydrogen-bond acceptors (Lipinski definition) is 4. The molecule has 1 N–H and O–H groups in total. The van der Waals surface area contributed by atoms with Gasteiger partial charge in [-0.25, -0.2) is 0 Å². The molecule has 2 aliphatic heterocycles. The average molecular weight is 331 g/mol. The van der Waals surface area contributed by atoms with Gasteiger partial charge in [-0.2, -0.15) is 20.5 Å². The second-order valence-electron chi connectivity index (χ2n) is 5.54. The van der Waals surface area contributed by atoms with E-state index in [1.54, 1.807) is 12.1 Å². The summed E-state index contributed by atoms with van der Waals surface area (Å²) in [6, 6.07) is 7.63. The first kappa shape index (κ1) is 15.4. The number of alkyl halides is 2. The number of ether oxygens (including phenoxy) is 1. The third-order valence-corrected chi connectivity index (χ3v) is 6.03. The summed E-state index contributed by atoms with van der Waals surface area (Å²) in [6.45, 7) is 0.752. The minimum Gasteiger partial charge on any atom is -0.381 e. The Bertz CT molecular complexity index is 480. The van der Waals surface area contributed by atoms with Gasteiger partial charge in [0.1, 0.15) is 0 Å². The molecule has 3 rings (SSSR count). The summed E-state index contributed by atoms with van der Waals surface area (Å²) >= 11 is 2.55. The van der Waals surface area contributed by atoms with Crippen molar-refractivity contribution in [3.05, 3.63) is 24.3 Å². The fourth-order valence-electron chi connectivity index (χ4n) is 3.02. The molecule has 0 radical (unpaired) electrons. The number of anilines is 1. The monoisotopic (exact) mass is 331 g/mol. The van der Waals surface area contributed by atoms with Crippen LogP contribution in [0.1, 0.15) is 19.3 Å². The first-order valence-corrected chi connectivity index (χ1v) is 9.22. The Balaban J connectivity index is 1.68. The summed E-state index contributed by atoms with van der Waals surface area (Å²) in [4.78, 5) is 0.619. The summed E-state index contributed by atoms with van der Waals surface area (Å²) in [5.74, 6) is -0.177. The summed E-state index contributed by atoms with van der Waals surface area (Å²) in [7, 11) is 0. The van der Waals surface area contributed by atoms with Crippen molar-refractivity contribution in [2.45, 2.75) is 41.6 Å². The van der Waals surface area contributed by atoms with Crippen LogP contribution in [0.5, 0.6) is 0 Å². The molecule has 21 heavy (non-hydrogen) atoms. The van der Waals surface area contributed by atoms with Gasteiger partial charge in [0.05, 0.1) is 5.60 Å². The minimum absolute atomic E-state index is 0.00534. The Morgan fingerprint density at radius 1 is 1.38 bits per heavy atom. The summed E-state index contributed by atoms with van der Waals surface area (Å²) in [5.41, 5.74) is 0.821. The van der Waals surface area contributed by atoms with Crippen LogP contribution in [0, 0.1) is 0 Å². The van der Waals surface area contributed by atoms with Crippen LogP contribution in [-0.2, 0) is 4.74 Å². The molecule has 1 spiro atoms. The number of nitrogens with one attached hydrogen (secondary N) is 1. The predicted octanol–water partition coefficient (Wildman–Crippen LogP) is 4.47. The maximum atomic E-state index is 12.6. The van der Waals surface area contributed by atoms with Crippen molar-refractivity contribution in [3.63, 3.8) is 0 Å². The molecule has 2 aliphatic rings. The largest absolute Gasteiger partial charge is 0.381 e. The fourth-order valence-corrected chi connectivity index (χ4v) is 5.00. The molecule has 2 unspecified atom stereocenters. The number of thioether (sulfide) groups is 2. The Kier molecular flexibility index (Phi) is 4.96. The summed E-state index contributed by atoms with van der Waals surface area (Å²) < 4.78 is 31.3. The second-order valence-corrected chi connectivity index (χ2v) is 7.68. The van der Waals surface area contributed by atoms with E-state index in [9.17, 15) is 8.78 Å². The maximum absolute atomic E-state index is 12.6. The van der Waals surface area contributed by atoms with Crippen LogP contribution >= 0.6 is 23.5 Å². The van der Waals surface area contributed by atoms with E-state index >= 15 is 0 Å². The van der Waals surface area contributed by atoms with Crippen molar-refractivity contribution >= 4 is 29.2 Å². The number of benzene rings is 1. The van der Waals surface area contributed by atoms with Crippen LogP contribution in [-0.4, -0.2) is 35.5 Å². The van der Waals surface area contributed by atoms with Gasteiger partial charge in [-0.3, -0.25) is 0 Å². The molecule has 0 amide bonds. The van der Waals surface area contributed by atoms with Crippen molar-refractivity contribution < 1.29 is 13.5 Å². The lowest BCUT2D eigenvalue weighted by Gasteiger charge is -2.38. The number of halogens is 2. The Morgan fingerprint density at radius 3 is 3.00 bits per heavy atom. The van der Waals surface area contributed by atoms with Gasteiger partial charge >= 0.3 is 0 Å². The average Bonchev–Trinajstić information content (AvgIpc) is 2.88. The van der Waals surface area contributed by atoms with E-state index in [1.807, 2.05) is 23.9 Å². The third kappa shape index (κ3) is 3.85. The van der Waals surface area contributed by atoms with Gasteiger partial charge < -0.3 is 10.1 Å². The van der Waals surface area contributed by atoms with Crippen LogP contribution < -0.4 is 5.32 Å². The molecular formula is C15H19F2NOS2. The molecule has 2 fully saturated rings. The van der Waals surface area contributed by atoms with Crippen molar-refractivity contribution in [1.82, 2.24) is 0 Å². The minimum atomic E-state index is -2.39. The Morgan fingerprint density at radius 2 is 2.24 bits per heavy atom. The summed E-state index contributed by atoms with van der Waals surface area (Å²) in [6.07, 6.45) is 3.00. The zero-order valence-corrected chi connectivity index (χ0v) is 13.3. The SMILES string of the molecule is FC(F)Sc1ccccc1NC1CCOC2(CCSC2)C1. The van der Waals surface area contributed by atoms with Crippen molar-refractivity contribution in [2.24, 2.45) is 0 Å². The Hall–Kier alpha value is -0.460. The van der Waals surface area contributed by atoms with E-state index in [4.69, 9.17) is 4.74 Å². The maximum Gasteiger partial charge on any atom is 0.288 e. The molecule has 1 aromatic rings. The number of para-hydroxylation sites is 1. The molecule has 0 aliphatic carbocycles. The van der Waals surface area contributed by atoms with E-state index in [2.05, 4.69) is 5.32 Å². The Labute approximate surface area is 132 Å². The highest BCUT2D eigenvalue weighted by molar-refractivity contribution is 7.99. The first-order valence-electron chi connectivity index (χ1n) is 7.19. The molecule has 2 nitrogen and oxygen atoms in total.